The van der Waals surface area contributed by atoms with Crippen LogP contribution in [0.3, 0.4) is 0 Å². The molecule has 1 saturated carbocycles. The third-order valence-corrected chi connectivity index (χ3v) is 2.98. The SMILES string of the molecule is CCOCc1nc(Cl)cc(N(C)CC2CC2)n1. The molecule has 0 aromatic carbocycles. The lowest BCUT2D eigenvalue weighted by Gasteiger charge is -2.18. The normalized spacial score (nSPS) is 15.0. The topological polar surface area (TPSA) is 38.2 Å². The highest BCUT2D eigenvalue weighted by molar-refractivity contribution is 6.29. The van der Waals surface area contributed by atoms with Crippen molar-refractivity contribution in [2.45, 2.75) is 26.4 Å². The molecule has 2 rings (SSSR count). The predicted molar refractivity (Wildman–Crippen MR) is 68.4 cm³/mol. The molecule has 1 fully saturated rings. The van der Waals surface area contributed by atoms with Crippen molar-refractivity contribution in [3.63, 3.8) is 0 Å². The van der Waals surface area contributed by atoms with Gasteiger partial charge in [-0.2, -0.15) is 0 Å². The Kier molecular flexibility index (Phi) is 4.18. The van der Waals surface area contributed by atoms with Crippen molar-refractivity contribution in [1.82, 2.24) is 9.97 Å². The van der Waals surface area contributed by atoms with Crippen LogP contribution in [0.25, 0.3) is 0 Å². The zero-order valence-electron chi connectivity index (χ0n) is 10.3. The number of nitrogens with zero attached hydrogens (tertiary/aromatic N) is 3. The maximum absolute atomic E-state index is 5.99. The van der Waals surface area contributed by atoms with Crippen LogP contribution in [0.1, 0.15) is 25.6 Å². The fourth-order valence-electron chi connectivity index (χ4n) is 1.69. The molecule has 4 nitrogen and oxygen atoms in total. The standard InChI is InChI=1S/C12H18ClN3O/c1-3-17-8-11-14-10(13)6-12(15-11)16(2)7-9-4-5-9/h6,9H,3-5,7-8H2,1-2H3. The Bertz CT molecular complexity index is 382. The molecule has 1 heterocycles. The zero-order valence-corrected chi connectivity index (χ0v) is 11.1. The first-order valence-corrected chi connectivity index (χ1v) is 6.39. The first-order chi connectivity index (χ1) is 8.19. The minimum atomic E-state index is 0.418. The highest BCUT2D eigenvalue weighted by Gasteiger charge is 2.23. The fourth-order valence-corrected chi connectivity index (χ4v) is 1.88. The van der Waals surface area contributed by atoms with E-state index in [1.54, 1.807) is 6.07 Å². The van der Waals surface area contributed by atoms with E-state index in [0.717, 1.165) is 18.3 Å². The minimum absolute atomic E-state index is 0.418. The van der Waals surface area contributed by atoms with Gasteiger partial charge in [-0.15, -0.1) is 0 Å². The average Bonchev–Trinajstić information content (AvgIpc) is 3.09. The van der Waals surface area contributed by atoms with Crippen molar-refractivity contribution in [2.75, 3.05) is 25.1 Å². The minimum Gasteiger partial charge on any atom is -0.374 e. The van der Waals surface area contributed by atoms with Crippen molar-refractivity contribution < 1.29 is 4.74 Å². The van der Waals surface area contributed by atoms with E-state index in [1.165, 1.54) is 12.8 Å². The summed E-state index contributed by atoms with van der Waals surface area (Å²) in [6, 6.07) is 1.80. The van der Waals surface area contributed by atoms with Crippen molar-refractivity contribution in [3.05, 3.63) is 17.0 Å². The molecule has 0 saturated heterocycles. The summed E-state index contributed by atoms with van der Waals surface area (Å²) in [6.45, 7) is 4.07. The summed E-state index contributed by atoms with van der Waals surface area (Å²) in [5, 5.41) is 0.479. The Morgan fingerprint density at radius 3 is 2.88 bits per heavy atom. The van der Waals surface area contributed by atoms with E-state index in [2.05, 4.69) is 14.9 Å². The number of anilines is 1. The van der Waals surface area contributed by atoms with E-state index < -0.39 is 0 Å². The number of hydrogen-bond acceptors (Lipinski definition) is 4. The Morgan fingerprint density at radius 1 is 1.47 bits per heavy atom. The second-order valence-electron chi connectivity index (χ2n) is 4.43. The summed E-state index contributed by atoms with van der Waals surface area (Å²) in [4.78, 5) is 10.7. The van der Waals surface area contributed by atoms with E-state index >= 15 is 0 Å². The molecule has 0 bridgehead atoms. The molecule has 0 radical (unpaired) electrons. The van der Waals surface area contributed by atoms with Crippen LogP contribution in [0.15, 0.2) is 6.07 Å². The molecule has 1 aliphatic carbocycles. The summed E-state index contributed by atoms with van der Waals surface area (Å²) in [5.41, 5.74) is 0. The van der Waals surface area contributed by atoms with Crippen molar-refractivity contribution in [3.8, 4) is 0 Å². The van der Waals surface area contributed by atoms with Crippen LogP contribution in [0, 0.1) is 5.92 Å². The van der Waals surface area contributed by atoms with Crippen molar-refractivity contribution in [1.29, 1.82) is 0 Å². The first kappa shape index (κ1) is 12.6. The summed E-state index contributed by atoms with van der Waals surface area (Å²) in [6.07, 6.45) is 2.66. The lowest BCUT2D eigenvalue weighted by Crippen LogP contribution is -2.21. The molecule has 5 heteroatoms. The van der Waals surface area contributed by atoms with Gasteiger partial charge in [0.15, 0.2) is 5.82 Å². The van der Waals surface area contributed by atoms with Gasteiger partial charge in [-0.25, -0.2) is 9.97 Å². The van der Waals surface area contributed by atoms with Gasteiger partial charge < -0.3 is 9.64 Å². The molecule has 1 aromatic heterocycles. The average molecular weight is 256 g/mol. The van der Waals surface area contributed by atoms with Gasteiger partial charge >= 0.3 is 0 Å². The lowest BCUT2D eigenvalue weighted by molar-refractivity contribution is 0.128. The highest BCUT2D eigenvalue weighted by Crippen LogP contribution is 2.30. The van der Waals surface area contributed by atoms with Crippen molar-refractivity contribution in [2.24, 2.45) is 5.92 Å². The maximum atomic E-state index is 5.99. The van der Waals surface area contributed by atoms with Crippen molar-refractivity contribution >= 4 is 17.4 Å². The molecular weight excluding hydrogens is 238 g/mol. The van der Waals surface area contributed by atoms with E-state index in [-0.39, 0.29) is 0 Å². The van der Waals surface area contributed by atoms with E-state index in [4.69, 9.17) is 16.3 Å². The number of aromatic nitrogens is 2. The van der Waals surface area contributed by atoms with Gasteiger partial charge in [0.25, 0.3) is 0 Å². The monoisotopic (exact) mass is 255 g/mol. The molecule has 0 aliphatic heterocycles. The zero-order chi connectivity index (χ0) is 12.3. The van der Waals surface area contributed by atoms with E-state index in [0.29, 0.717) is 24.2 Å². The largest absolute Gasteiger partial charge is 0.374 e. The molecule has 1 aliphatic rings. The van der Waals surface area contributed by atoms with Crippen LogP contribution >= 0.6 is 11.6 Å². The fraction of sp³-hybridized carbons (Fsp3) is 0.667. The molecule has 1 aromatic rings. The number of hydrogen-bond donors (Lipinski definition) is 0. The molecule has 0 amide bonds. The van der Waals surface area contributed by atoms with Crippen LogP contribution < -0.4 is 4.90 Å². The summed E-state index contributed by atoms with van der Waals surface area (Å²) in [7, 11) is 2.04. The number of rotatable bonds is 6. The molecule has 0 N–H and O–H groups in total. The summed E-state index contributed by atoms with van der Waals surface area (Å²) >= 11 is 5.99. The quantitative estimate of drug-likeness (QED) is 0.732. The van der Waals surface area contributed by atoms with Crippen LogP contribution in [-0.4, -0.2) is 30.2 Å². The van der Waals surface area contributed by atoms with E-state index in [1.807, 2.05) is 14.0 Å². The Morgan fingerprint density at radius 2 is 2.24 bits per heavy atom. The van der Waals surface area contributed by atoms with Crippen LogP contribution in [0.4, 0.5) is 5.82 Å². The Labute approximate surface area is 107 Å². The third kappa shape index (κ3) is 3.82. The van der Waals surface area contributed by atoms with Crippen LogP contribution in [0.5, 0.6) is 0 Å². The predicted octanol–water partition coefficient (Wildman–Crippen LogP) is 2.51. The molecule has 17 heavy (non-hydrogen) atoms. The molecule has 0 unspecified atom stereocenters. The molecule has 0 atom stereocenters. The van der Waals surface area contributed by atoms with Gasteiger partial charge in [-0.1, -0.05) is 11.6 Å². The smallest absolute Gasteiger partial charge is 0.158 e. The lowest BCUT2D eigenvalue weighted by atomic mass is 10.4. The number of ether oxygens (including phenoxy) is 1. The van der Waals surface area contributed by atoms with Gasteiger partial charge in [0.2, 0.25) is 0 Å². The number of halogens is 1. The second-order valence-corrected chi connectivity index (χ2v) is 4.81. The van der Waals surface area contributed by atoms with Gasteiger partial charge in [-0.05, 0) is 25.7 Å². The molecule has 0 spiro atoms. The highest BCUT2D eigenvalue weighted by atomic mass is 35.5. The van der Waals surface area contributed by atoms with Gasteiger partial charge in [0, 0.05) is 26.3 Å². The van der Waals surface area contributed by atoms with Gasteiger partial charge in [0.05, 0.1) is 0 Å². The van der Waals surface area contributed by atoms with Gasteiger partial charge in [-0.3, -0.25) is 0 Å². The van der Waals surface area contributed by atoms with Crippen LogP contribution in [0.2, 0.25) is 5.15 Å². The van der Waals surface area contributed by atoms with Gasteiger partial charge in [0.1, 0.15) is 17.6 Å². The van der Waals surface area contributed by atoms with Crippen LogP contribution in [-0.2, 0) is 11.3 Å². The summed E-state index contributed by atoms with van der Waals surface area (Å²) in [5.74, 6) is 2.35. The maximum Gasteiger partial charge on any atom is 0.158 e. The molecular formula is C12H18ClN3O. The summed E-state index contributed by atoms with van der Waals surface area (Å²) < 4.78 is 5.30. The second kappa shape index (κ2) is 5.65. The Hall–Kier alpha value is -0.870. The van der Waals surface area contributed by atoms with E-state index in [9.17, 15) is 0 Å². The first-order valence-electron chi connectivity index (χ1n) is 6.01. The molecule has 94 valence electrons. The Balaban J connectivity index is 2.06. The third-order valence-electron chi connectivity index (χ3n) is 2.78.